The quantitative estimate of drug-likeness (QED) is 0.809. The maximum Gasteiger partial charge on any atom is 0.155 e. The van der Waals surface area contributed by atoms with Crippen molar-refractivity contribution < 1.29 is 4.79 Å². The fourth-order valence-electron chi connectivity index (χ4n) is 2.07. The standard InChI is InChI=1S/C14H11NOS/c16-12-9-10-5-1-2-6-11(10)14(12)17-13-7-3-4-8-15-13/h1-8,14H,9H2/t14-/m0/s1. The number of thioether (sulfide) groups is 1. The number of rotatable bonds is 2. The van der Waals surface area contributed by atoms with Crippen LogP contribution >= 0.6 is 11.8 Å². The highest BCUT2D eigenvalue weighted by Gasteiger charge is 2.31. The van der Waals surface area contributed by atoms with Crippen LogP contribution < -0.4 is 0 Å². The summed E-state index contributed by atoms with van der Waals surface area (Å²) in [5.74, 6) is 0.279. The highest BCUT2D eigenvalue weighted by Crippen LogP contribution is 2.41. The minimum Gasteiger partial charge on any atom is -0.298 e. The molecule has 0 bridgehead atoms. The van der Waals surface area contributed by atoms with E-state index in [1.807, 2.05) is 42.5 Å². The Morgan fingerprint density at radius 3 is 2.76 bits per heavy atom. The monoisotopic (exact) mass is 241 g/mol. The first-order chi connectivity index (χ1) is 8.34. The Morgan fingerprint density at radius 1 is 1.12 bits per heavy atom. The molecule has 1 aromatic heterocycles. The van der Waals surface area contributed by atoms with Gasteiger partial charge in [0, 0.05) is 12.6 Å². The summed E-state index contributed by atoms with van der Waals surface area (Å²) < 4.78 is 0. The third kappa shape index (κ3) is 1.98. The van der Waals surface area contributed by atoms with Crippen LogP contribution in [0.2, 0.25) is 0 Å². The van der Waals surface area contributed by atoms with E-state index < -0.39 is 0 Å². The smallest absolute Gasteiger partial charge is 0.155 e. The molecule has 1 aliphatic carbocycles. The Morgan fingerprint density at radius 2 is 1.94 bits per heavy atom. The second kappa shape index (κ2) is 4.34. The third-order valence-corrected chi connectivity index (χ3v) is 4.11. The van der Waals surface area contributed by atoms with Crippen molar-refractivity contribution in [1.82, 2.24) is 4.98 Å². The van der Waals surface area contributed by atoms with Crippen LogP contribution in [0, 0.1) is 0 Å². The van der Waals surface area contributed by atoms with Gasteiger partial charge < -0.3 is 0 Å². The molecule has 84 valence electrons. The molecule has 0 aliphatic heterocycles. The second-order valence-electron chi connectivity index (χ2n) is 4.01. The number of ketones is 1. The SMILES string of the molecule is O=C1Cc2ccccc2[C@@H]1Sc1ccccn1. The van der Waals surface area contributed by atoms with Gasteiger partial charge in [-0.1, -0.05) is 42.1 Å². The molecule has 2 nitrogen and oxygen atoms in total. The van der Waals surface area contributed by atoms with E-state index in [4.69, 9.17) is 0 Å². The summed E-state index contributed by atoms with van der Waals surface area (Å²) in [5, 5.41) is 0.823. The average molecular weight is 241 g/mol. The first-order valence-corrected chi connectivity index (χ1v) is 6.41. The molecule has 1 aliphatic rings. The molecular weight excluding hydrogens is 230 g/mol. The fraction of sp³-hybridized carbons (Fsp3) is 0.143. The van der Waals surface area contributed by atoms with Crippen molar-refractivity contribution in [3.05, 3.63) is 59.8 Å². The lowest BCUT2D eigenvalue weighted by Gasteiger charge is -2.08. The van der Waals surface area contributed by atoms with Gasteiger partial charge in [-0.2, -0.15) is 0 Å². The molecular formula is C14H11NOS. The van der Waals surface area contributed by atoms with E-state index in [9.17, 15) is 4.79 Å². The van der Waals surface area contributed by atoms with Crippen LogP contribution in [0.5, 0.6) is 0 Å². The number of fused-ring (bicyclic) bond motifs is 1. The Balaban J connectivity index is 1.92. The molecule has 0 amide bonds. The Labute approximate surface area is 104 Å². The highest BCUT2D eigenvalue weighted by molar-refractivity contribution is 8.00. The zero-order chi connectivity index (χ0) is 11.7. The minimum atomic E-state index is -0.0823. The van der Waals surface area contributed by atoms with E-state index in [0.29, 0.717) is 6.42 Å². The van der Waals surface area contributed by atoms with E-state index in [-0.39, 0.29) is 11.0 Å². The largest absolute Gasteiger partial charge is 0.298 e. The van der Waals surface area contributed by atoms with Crippen molar-refractivity contribution in [3.8, 4) is 0 Å². The Bertz CT molecular complexity index is 553. The molecule has 3 heteroatoms. The number of benzene rings is 1. The minimum absolute atomic E-state index is 0.0823. The molecule has 0 fully saturated rings. The fourth-order valence-corrected chi connectivity index (χ4v) is 3.16. The van der Waals surface area contributed by atoms with Crippen LogP contribution in [0.1, 0.15) is 16.4 Å². The van der Waals surface area contributed by atoms with E-state index >= 15 is 0 Å². The van der Waals surface area contributed by atoms with Crippen molar-refractivity contribution in [2.24, 2.45) is 0 Å². The molecule has 3 rings (SSSR count). The summed E-state index contributed by atoms with van der Waals surface area (Å²) in [7, 11) is 0. The van der Waals surface area contributed by atoms with Crippen LogP contribution in [0.4, 0.5) is 0 Å². The predicted octanol–water partition coefficient (Wildman–Crippen LogP) is 3.04. The number of carbonyl (C=O) groups is 1. The zero-order valence-corrected chi connectivity index (χ0v) is 9.98. The van der Waals surface area contributed by atoms with Gasteiger partial charge in [0.25, 0.3) is 0 Å². The van der Waals surface area contributed by atoms with Gasteiger partial charge in [-0.25, -0.2) is 4.98 Å². The van der Waals surface area contributed by atoms with Crippen LogP contribution in [-0.4, -0.2) is 10.8 Å². The number of pyridine rings is 1. The van der Waals surface area contributed by atoms with Crippen molar-refractivity contribution in [2.45, 2.75) is 16.7 Å². The first-order valence-electron chi connectivity index (χ1n) is 5.53. The van der Waals surface area contributed by atoms with E-state index in [1.54, 1.807) is 18.0 Å². The molecule has 1 heterocycles. The van der Waals surface area contributed by atoms with E-state index in [0.717, 1.165) is 16.2 Å². The van der Waals surface area contributed by atoms with Crippen LogP contribution in [0.25, 0.3) is 0 Å². The van der Waals surface area contributed by atoms with Crippen LogP contribution in [0.15, 0.2) is 53.7 Å². The normalized spacial score (nSPS) is 18.1. The zero-order valence-electron chi connectivity index (χ0n) is 9.17. The number of aromatic nitrogens is 1. The lowest BCUT2D eigenvalue weighted by molar-refractivity contribution is -0.117. The molecule has 0 spiro atoms. The summed E-state index contributed by atoms with van der Waals surface area (Å²) in [6.45, 7) is 0. The van der Waals surface area contributed by atoms with Gasteiger partial charge in [-0.15, -0.1) is 0 Å². The van der Waals surface area contributed by atoms with Gasteiger partial charge in [-0.05, 0) is 23.3 Å². The van der Waals surface area contributed by atoms with Crippen LogP contribution in [0.3, 0.4) is 0 Å². The highest BCUT2D eigenvalue weighted by atomic mass is 32.2. The van der Waals surface area contributed by atoms with Crippen molar-refractivity contribution in [3.63, 3.8) is 0 Å². The van der Waals surface area contributed by atoms with E-state index in [2.05, 4.69) is 4.98 Å². The lowest BCUT2D eigenvalue weighted by Crippen LogP contribution is -2.01. The molecule has 0 unspecified atom stereocenters. The molecule has 0 N–H and O–H groups in total. The maximum absolute atomic E-state index is 12.0. The predicted molar refractivity (Wildman–Crippen MR) is 68.0 cm³/mol. The van der Waals surface area contributed by atoms with Crippen LogP contribution in [-0.2, 0) is 11.2 Å². The van der Waals surface area contributed by atoms with Gasteiger partial charge >= 0.3 is 0 Å². The molecule has 1 aromatic carbocycles. The molecule has 0 radical (unpaired) electrons. The van der Waals surface area contributed by atoms with E-state index in [1.165, 1.54) is 0 Å². The van der Waals surface area contributed by atoms with Crippen molar-refractivity contribution >= 4 is 17.5 Å². The summed E-state index contributed by atoms with van der Waals surface area (Å²) >= 11 is 1.54. The van der Waals surface area contributed by atoms with Gasteiger partial charge in [-0.3, -0.25) is 4.79 Å². The summed E-state index contributed by atoms with van der Waals surface area (Å²) in [6.07, 6.45) is 2.31. The number of Topliss-reactive ketones (excluding diaryl/α,β-unsaturated/α-hetero) is 1. The maximum atomic E-state index is 12.0. The first kappa shape index (κ1) is 10.5. The van der Waals surface area contributed by atoms with Gasteiger partial charge in [0.1, 0.15) is 0 Å². The Kier molecular flexibility index (Phi) is 2.69. The van der Waals surface area contributed by atoms with Gasteiger partial charge in [0.15, 0.2) is 5.78 Å². The van der Waals surface area contributed by atoms with Crippen molar-refractivity contribution in [1.29, 1.82) is 0 Å². The lowest BCUT2D eigenvalue weighted by atomic mass is 10.1. The Hall–Kier alpha value is -1.61. The van der Waals surface area contributed by atoms with Gasteiger partial charge in [0.05, 0.1) is 10.3 Å². The molecule has 0 saturated carbocycles. The summed E-state index contributed by atoms with van der Waals surface area (Å²) in [6, 6.07) is 13.8. The number of hydrogen-bond donors (Lipinski definition) is 0. The average Bonchev–Trinajstić information content (AvgIpc) is 2.68. The number of hydrogen-bond acceptors (Lipinski definition) is 3. The molecule has 17 heavy (non-hydrogen) atoms. The summed E-state index contributed by atoms with van der Waals surface area (Å²) in [4.78, 5) is 16.2. The third-order valence-electron chi connectivity index (χ3n) is 2.87. The number of carbonyl (C=O) groups excluding carboxylic acids is 1. The summed E-state index contributed by atoms with van der Waals surface area (Å²) in [5.41, 5.74) is 2.30. The van der Waals surface area contributed by atoms with Gasteiger partial charge in [0.2, 0.25) is 0 Å². The molecule has 1 atom stereocenters. The second-order valence-corrected chi connectivity index (χ2v) is 5.13. The van der Waals surface area contributed by atoms with Crippen molar-refractivity contribution in [2.75, 3.05) is 0 Å². The molecule has 0 saturated heterocycles. The number of nitrogens with zero attached hydrogens (tertiary/aromatic N) is 1. The molecule has 2 aromatic rings. The topological polar surface area (TPSA) is 30.0 Å².